The number of unbranched alkanes of at least 4 members (excludes halogenated alkanes) is 3. The normalized spacial score (nSPS) is 16.5. The molecule has 0 bridgehead atoms. The topological polar surface area (TPSA) is 9.23 Å². The quantitative estimate of drug-likeness (QED) is 0.270. The summed E-state index contributed by atoms with van der Waals surface area (Å²) in [5.41, 5.74) is 0.0175. The van der Waals surface area contributed by atoms with E-state index in [0.717, 1.165) is 32.1 Å². The lowest BCUT2D eigenvalue weighted by Crippen LogP contribution is -2.34. The van der Waals surface area contributed by atoms with Gasteiger partial charge in [0, 0.05) is 5.60 Å². The summed E-state index contributed by atoms with van der Waals surface area (Å²) in [6, 6.07) is 0. The molecule has 0 amide bonds. The Labute approximate surface area is 109 Å². The van der Waals surface area contributed by atoms with Crippen molar-refractivity contribution >= 4 is 0 Å². The standard InChI is InChI=1S/C16H31O/c1-6-10-11-12-13-14-16(8-3,9-4)17-15(5)7-2/h6,15H,1,3,7-14H2,2,4-5H3/q-1. The van der Waals surface area contributed by atoms with Crippen LogP contribution in [0, 0.1) is 6.92 Å². The molecule has 0 aromatic rings. The molecule has 0 rings (SSSR count). The highest BCUT2D eigenvalue weighted by Gasteiger charge is 2.25. The summed E-state index contributed by atoms with van der Waals surface area (Å²) in [5, 5.41) is 0. The number of ether oxygens (including phenoxy) is 1. The predicted octanol–water partition coefficient (Wildman–Crippen LogP) is 5.31. The minimum atomic E-state index is 0.0175. The fourth-order valence-corrected chi connectivity index (χ4v) is 2.10. The molecule has 0 saturated heterocycles. The summed E-state index contributed by atoms with van der Waals surface area (Å²) in [4.78, 5) is 0. The van der Waals surface area contributed by atoms with Gasteiger partial charge in [0.1, 0.15) is 0 Å². The van der Waals surface area contributed by atoms with Gasteiger partial charge in [0.15, 0.2) is 0 Å². The maximum atomic E-state index is 6.21. The van der Waals surface area contributed by atoms with Crippen LogP contribution in [0.4, 0.5) is 0 Å². The average Bonchev–Trinajstić information content (AvgIpc) is 2.37. The second-order valence-electron chi connectivity index (χ2n) is 5.01. The number of hydrogen-bond acceptors (Lipinski definition) is 1. The molecular formula is C16H31O-. The zero-order valence-corrected chi connectivity index (χ0v) is 12.1. The number of rotatable bonds is 11. The summed E-state index contributed by atoms with van der Waals surface area (Å²) >= 11 is 0. The zero-order valence-electron chi connectivity index (χ0n) is 12.1. The van der Waals surface area contributed by atoms with Gasteiger partial charge in [-0.15, -0.1) is 6.58 Å². The zero-order chi connectivity index (χ0) is 13.1. The van der Waals surface area contributed by atoms with E-state index in [2.05, 4.69) is 34.3 Å². The van der Waals surface area contributed by atoms with Crippen molar-refractivity contribution in [3.8, 4) is 0 Å². The largest absolute Gasteiger partial charge is 0.375 e. The summed E-state index contributed by atoms with van der Waals surface area (Å²) in [6.45, 7) is 14.4. The predicted molar refractivity (Wildman–Crippen MR) is 77.1 cm³/mol. The first-order valence-electron chi connectivity index (χ1n) is 7.22. The Balaban J connectivity index is 4.06. The molecule has 0 spiro atoms. The smallest absolute Gasteiger partial charge is 0.0550 e. The van der Waals surface area contributed by atoms with Gasteiger partial charge >= 0.3 is 0 Å². The van der Waals surface area contributed by atoms with Crippen molar-refractivity contribution in [3.63, 3.8) is 0 Å². The minimum Gasteiger partial charge on any atom is -0.375 e. The maximum absolute atomic E-state index is 6.21. The van der Waals surface area contributed by atoms with Gasteiger partial charge in [-0.25, -0.2) is 0 Å². The average molecular weight is 239 g/mol. The molecule has 0 aliphatic rings. The molecule has 0 N–H and O–H groups in total. The van der Waals surface area contributed by atoms with E-state index in [1.54, 1.807) is 0 Å². The van der Waals surface area contributed by atoms with Gasteiger partial charge in [0.2, 0.25) is 0 Å². The Bertz CT molecular complexity index is 182. The van der Waals surface area contributed by atoms with E-state index >= 15 is 0 Å². The second kappa shape index (κ2) is 9.70. The van der Waals surface area contributed by atoms with Crippen LogP contribution in [0.15, 0.2) is 12.7 Å². The van der Waals surface area contributed by atoms with Gasteiger partial charge in [-0.2, -0.15) is 6.42 Å². The lowest BCUT2D eigenvalue weighted by molar-refractivity contribution is -0.0953. The molecule has 0 heterocycles. The summed E-state index contributed by atoms with van der Waals surface area (Å²) < 4.78 is 6.21. The Kier molecular flexibility index (Phi) is 9.53. The molecule has 0 radical (unpaired) electrons. The van der Waals surface area contributed by atoms with Crippen LogP contribution < -0.4 is 0 Å². The Morgan fingerprint density at radius 2 is 2.00 bits per heavy atom. The van der Waals surface area contributed by atoms with Crippen molar-refractivity contribution in [1.29, 1.82) is 0 Å². The van der Waals surface area contributed by atoms with Crippen LogP contribution in [-0.4, -0.2) is 11.7 Å². The van der Waals surface area contributed by atoms with E-state index in [1.165, 1.54) is 19.3 Å². The van der Waals surface area contributed by atoms with Crippen molar-refractivity contribution < 1.29 is 4.74 Å². The molecule has 102 valence electrons. The summed E-state index contributed by atoms with van der Waals surface area (Å²) in [6.07, 6.45) is 11.4. The summed E-state index contributed by atoms with van der Waals surface area (Å²) in [7, 11) is 0. The third kappa shape index (κ3) is 6.88. The van der Waals surface area contributed by atoms with E-state index in [-0.39, 0.29) is 5.60 Å². The first kappa shape index (κ1) is 16.7. The fraction of sp³-hybridized carbons (Fsp3) is 0.812. The van der Waals surface area contributed by atoms with Crippen LogP contribution in [0.1, 0.15) is 72.1 Å². The number of hydrogen-bond donors (Lipinski definition) is 0. The first-order valence-corrected chi connectivity index (χ1v) is 7.22. The van der Waals surface area contributed by atoms with Gasteiger partial charge in [-0.3, -0.25) is 0 Å². The lowest BCUT2D eigenvalue weighted by atomic mass is 9.90. The monoisotopic (exact) mass is 239 g/mol. The summed E-state index contributed by atoms with van der Waals surface area (Å²) in [5.74, 6) is 0. The van der Waals surface area contributed by atoms with Gasteiger partial charge < -0.3 is 11.7 Å². The third-order valence-electron chi connectivity index (χ3n) is 3.67. The minimum absolute atomic E-state index is 0.0175. The number of allylic oxidation sites excluding steroid dienone is 1. The maximum Gasteiger partial charge on any atom is 0.0550 e. The van der Waals surface area contributed by atoms with Crippen LogP contribution in [0.5, 0.6) is 0 Å². The van der Waals surface area contributed by atoms with Gasteiger partial charge in [-0.05, 0) is 39.0 Å². The highest BCUT2D eigenvalue weighted by molar-refractivity contribution is 4.81. The van der Waals surface area contributed by atoms with Crippen molar-refractivity contribution in [2.24, 2.45) is 0 Å². The molecule has 0 aromatic carbocycles. The molecule has 2 atom stereocenters. The second-order valence-corrected chi connectivity index (χ2v) is 5.01. The van der Waals surface area contributed by atoms with E-state index in [1.807, 2.05) is 6.08 Å². The van der Waals surface area contributed by atoms with Crippen molar-refractivity contribution in [2.75, 3.05) is 0 Å². The van der Waals surface area contributed by atoms with Crippen LogP contribution in [0.2, 0.25) is 0 Å². The lowest BCUT2D eigenvalue weighted by Gasteiger charge is -2.37. The Morgan fingerprint density at radius 3 is 2.47 bits per heavy atom. The van der Waals surface area contributed by atoms with Crippen LogP contribution in [-0.2, 0) is 4.74 Å². The Morgan fingerprint density at radius 1 is 1.29 bits per heavy atom. The van der Waals surface area contributed by atoms with Gasteiger partial charge in [0.25, 0.3) is 0 Å². The van der Waals surface area contributed by atoms with Crippen LogP contribution >= 0.6 is 0 Å². The molecule has 0 aliphatic carbocycles. The molecular weight excluding hydrogens is 208 g/mol. The first-order chi connectivity index (χ1) is 8.14. The van der Waals surface area contributed by atoms with Gasteiger partial charge in [0.05, 0.1) is 6.10 Å². The molecule has 0 aromatic heterocycles. The molecule has 0 aliphatic heterocycles. The Hall–Kier alpha value is -0.300. The molecule has 1 nitrogen and oxygen atoms in total. The molecule has 0 saturated carbocycles. The highest BCUT2D eigenvalue weighted by atomic mass is 16.5. The fourth-order valence-electron chi connectivity index (χ4n) is 2.10. The molecule has 2 unspecified atom stereocenters. The highest BCUT2D eigenvalue weighted by Crippen LogP contribution is 2.29. The van der Waals surface area contributed by atoms with Crippen LogP contribution in [0.25, 0.3) is 0 Å². The van der Waals surface area contributed by atoms with E-state index in [4.69, 9.17) is 4.74 Å². The molecule has 0 fully saturated rings. The van der Waals surface area contributed by atoms with Crippen molar-refractivity contribution in [2.45, 2.75) is 83.8 Å². The van der Waals surface area contributed by atoms with E-state index in [9.17, 15) is 0 Å². The van der Waals surface area contributed by atoms with Gasteiger partial charge in [-0.1, -0.05) is 32.8 Å². The van der Waals surface area contributed by atoms with E-state index < -0.39 is 0 Å². The SMILES string of the molecule is C=CCCCCCC(C[CH2-])(CC)OC(C)CC. The van der Waals surface area contributed by atoms with E-state index in [0.29, 0.717) is 6.10 Å². The molecule has 17 heavy (non-hydrogen) atoms. The third-order valence-corrected chi connectivity index (χ3v) is 3.67. The van der Waals surface area contributed by atoms with Crippen molar-refractivity contribution in [1.82, 2.24) is 0 Å². The van der Waals surface area contributed by atoms with Crippen LogP contribution in [0.3, 0.4) is 0 Å². The molecule has 1 heteroatoms. The van der Waals surface area contributed by atoms with Crippen molar-refractivity contribution in [3.05, 3.63) is 19.6 Å².